The van der Waals surface area contributed by atoms with E-state index in [1.54, 1.807) is 23.5 Å². The van der Waals surface area contributed by atoms with Crippen LogP contribution in [-0.2, 0) is 0 Å². The minimum Gasteiger partial charge on any atom is -0.360 e. The Morgan fingerprint density at radius 1 is 1.27 bits per heavy atom. The second-order valence-electron chi connectivity index (χ2n) is 4.96. The number of nitrogens with one attached hydrogen (secondary N) is 2. The molecule has 1 heterocycles. The molecular formula is C15H17Cl2N3S2. The monoisotopic (exact) mass is 373 g/mol. The van der Waals surface area contributed by atoms with Crippen LogP contribution in [0.1, 0.15) is 10.9 Å². The van der Waals surface area contributed by atoms with Gasteiger partial charge in [-0.2, -0.15) is 0 Å². The normalized spacial score (nSPS) is 12.2. The molecule has 2 aromatic rings. The van der Waals surface area contributed by atoms with E-state index in [2.05, 4.69) is 47.1 Å². The minimum absolute atomic E-state index is 0.272. The molecule has 2 N–H and O–H groups in total. The standard InChI is InChI=1S/C15H17Cl2N3S2/c1-20(2)13(14-4-3-7-22-14)9-18-15(21)19-10-5-6-11(16)12(17)8-10/h3-8,13H,9H2,1-2H3,(H2,18,19,21)/t13-/m1/s1. The third-order valence-corrected chi connectivity index (χ3v) is 5.09. The third kappa shape index (κ3) is 4.83. The van der Waals surface area contributed by atoms with Crippen LogP contribution >= 0.6 is 46.8 Å². The molecule has 1 aromatic heterocycles. The highest BCUT2D eigenvalue weighted by Gasteiger charge is 2.15. The van der Waals surface area contributed by atoms with E-state index in [9.17, 15) is 0 Å². The Balaban J connectivity index is 1.92. The van der Waals surface area contributed by atoms with E-state index >= 15 is 0 Å². The Labute approximate surface area is 150 Å². The number of hydrogen-bond acceptors (Lipinski definition) is 3. The lowest BCUT2D eigenvalue weighted by Crippen LogP contribution is -2.36. The highest BCUT2D eigenvalue weighted by molar-refractivity contribution is 7.80. The second-order valence-corrected chi connectivity index (χ2v) is 7.16. The molecule has 0 saturated heterocycles. The summed E-state index contributed by atoms with van der Waals surface area (Å²) < 4.78 is 0. The van der Waals surface area contributed by atoms with Gasteiger partial charge in [0.2, 0.25) is 0 Å². The van der Waals surface area contributed by atoms with Gasteiger partial charge in [0.15, 0.2) is 5.11 Å². The third-order valence-electron chi connectivity index (χ3n) is 3.13. The smallest absolute Gasteiger partial charge is 0.170 e. The first-order valence-electron chi connectivity index (χ1n) is 6.67. The fourth-order valence-electron chi connectivity index (χ4n) is 1.96. The molecule has 2 rings (SSSR count). The maximum Gasteiger partial charge on any atom is 0.170 e. The molecule has 0 unspecified atom stereocenters. The Morgan fingerprint density at radius 2 is 2.05 bits per heavy atom. The molecular weight excluding hydrogens is 357 g/mol. The molecule has 0 aliphatic carbocycles. The summed E-state index contributed by atoms with van der Waals surface area (Å²) in [5.74, 6) is 0. The van der Waals surface area contributed by atoms with Crippen LogP contribution in [0.4, 0.5) is 5.69 Å². The van der Waals surface area contributed by atoms with Crippen LogP contribution in [0.15, 0.2) is 35.7 Å². The first-order valence-corrected chi connectivity index (χ1v) is 8.71. The highest BCUT2D eigenvalue weighted by Crippen LogP contribution is 2.25. The van der Waals surface area contributed by atoms with Crippen molar-refractivity contribution in [2.24, 2.45) is 0 Å². The molecule has 3 nitrogen and oxygen atoms in total. The summed E-state index contributed by atoms with van der Waals surface area (Å²) in [6.45, 7) is 0.723. The van der Waals surface area contributed by atoms with E-state index in [1.165, 1.54) is 4.88 Å². The largest absolute Gasteiger partial charge is 0.360 e. The van der Waals surface area contributed by atoms with Crippen molar-refractivity contribution in [3.63, 3.8) is 0 Å². The first kappa shape index (κ1) is 17.5. The van der Waals surface area contributed by atoms with Crippen molar-refractivity contribution in [3.05, 3.63) is 50.6 Å². The van der Waals surface area contributed by atoms with E-state index in [1.807, 2.05) is 6.07 Å². The van der Waals surface area contributed by atoms with Crippen LogP contribution in [0.2, 0.25) is 10.0 Å². The summed E-state index contributed by atoms with van der Waals surface area (Å²) >= 11 is 19.0. The molecule has 0 aliphatic rings. The fourth-order valence-corrected chi connectivity index (χ4v) is 3.38. The van der Waals surface area contributed by atoms with Crippen molar-refractivity contribution in [3.8, 4) is 0 Å². The summed E-state index contributed by atoms with van der Waals surface area (Å²) in [6.07, 6.45) is 0. The average molecular weight is 374 g/mol. The highest BCUT2D eigenvalue weighted by atomic mass is 35.5. The number of likely N-dealkylation sites (N-methyl/N-ethyl adjacent to an activating group) is 1. The number of halogens is 2. The molecule has 0 saturated carbocycles. The first-order chi connectivity index (χ1) is 10.5. The zero-order valence-electron chi connectivity index (χ0n) is 12.3. The number of nitrogens with zero attached hydrogens (tertiary/aromatic N) is 1. The molecule has 0 radical (unpaired) electrons. The molecule has 22 heavy (non-hydrogen) atoms. The van der Waals surface area contributed by atoms with Crippen LogP contribution in [0.3, 0.4) is 0 Å². The van der Waals surface area contributed by atoms with Crippen LogP contribution in [0.5, 0.6) is 0 Å². The molecule has 1 aromatic carbocycles. The van der Waals surface area contributed by atoms with E-state index in [0.717, 1.165) is 12.2 Å². The van der Waals surface area contributed by atoms with Gasteiger partial charge >= 0.3 is 0 Å². The van der Waals surface area contributed by atoms with Gasteiger partial charge in [-0.15, -0.1) is 11.3 Å². The average Bonchev–Trinajstić information content (AvgIpc) is 2.97. The maximum atomic E-state index is 5.99. The van der Waals surface area contributed by atoms with E-state index in [0.29, 0.717) is 15.2 Å². The summed E-state index contributed by atoms with van der Waals surface area (Å²) in [4.78, 5) is 3.47. The topological polar surface area (TPSA) is 27.3 Å². The lowest BCUT2D eigenvalue weighted by Gasteiger charge is -2.24. The summed E-state index contributed by atoms with van der Waals surface area (Å²) in [5.41, 5.74) is 0.810. The SMILES string of the molecule is CN(C)[C@H](CNC(=S)Nc1ccc(Cl)c(Cl)c1)c1cccs1. The predicted octanol–water partition coefficient (Wildman–Crippen LogP) is 4.64. The van der Waals surface area contributed by atoms with Gasteiger partial charge in [-0.3, -0.25) is 0 Å². The van der Waals surface area contributed by atoms with Crippen molar-refractivity contribution in [2.45, 2.75) is 6.04 Å². The van der Waals surface area contributed by atoms with Crippen molar-refractivity contribution < 1.29 is 0 Å². The molecule has 0 spiro atoms. The Morgan fingerprint density at radius 3 is 2.64 bits per heavy atom. The Kier molecular flexibility index (Phi) is 6.47. The van der Waals surface area contributed by atoms with Crippen LogP contribution in [0.25, 0.3) is 0 Å². The number of rotatable bonds is 5. The molecule has 0 amide bonds. The lowest BCUT2D eigenvalue weighted by atomic mass is 10.2. The van der Waals surface area contributed by atoms with Crippen molar-refractivity contribution in [2.75, 3.05) is 26.0 Å². The van der Waals surface area contributed by atoms with Gasteiger partial charge in [0, 0.05) is 17.1 Å². The van der Waals surface area contributed by atoms with E-state index < -0.39 is 0 Å². The molecule has 7 heteroatoms. The van der Waals surface area contributed by atoms with Crippen LogP contribution < -0.4 is 10.6 Å². The summed E-state index contributed by atoms with van der Waals surface area (Å²) in [7, 11) is 4.11. The molecule has 0 bridgehead atoms. The Bertz CT molecular complexity index is 630. The van der Waals surface area contributed by atoms with E-state index in [-0.39, 0.29) is 6.04 Å². The second kappa shape index (κ2) is 8.13. The van der Waals surface area contributed by atoms with Gasteiger partial charge in [-0.1, -0.05) is 29.3 Å². The number of anilines is 1. The summed E-state index contributed by atoms with van der Waals surface area (Å²) in [6, 6.07) is 9.79. The Hall–Kier alpha value is -0.850. The molecule has 1 atom stereocenters. The quantitative estimate of drug-likeness (QED) is 0.746. The van der Waals surface area contributed by atoms with Gasteiger partial charge in [0.25, 0.3) is 0 Å². The van der Waals surface area contributed by atoms with E-state index in [4.69, 9.17) is 35.4 Å². The molecule has 118 valence electrons. The molecule has 0 fully saturated rings. The fraction of sp³-hybridized carbons (Fsp3) is 0.267. The summed E-state index contributed by atoms with van der Waals surface area (Å²) in [5, 5.41) is 10.0. The minimum atomic E-state index is 0.272. The van der Waals surface area contributed by atoms with Gasteiger partial charge in [-0.25, -0.2) is 0 Å². The van der Waals surface area contributed by atoms with Gasteiger partial charge < -0.3 is 15.5 Å². The number of thiocarbonyl (C=S) groups is 1. The van der Waals surface area contributed by atoms with Crippen molar-refractivity contribution in [1.29, 1.82) is 0 Å². The van der Waals surface area contributed by atoms with Crippen LogP contribution in [-0.4, -0.2) is 30.7 Å². The van der Waals surface area contributed by atoms with Crippen molar-refractivity contribution in [1.82, 2.24) is 10.2 Å². The van der Waals surface area contributed by atoms with Gasteiger partial charge in [0.05, 0.1) is 16.1 Å². The zero-order chi connectivity index (χ0) is 16.1. The van der Waals surface area contributed by atoms with Gasteiger partial charge in [-0.05, 0) is 56.0 Å². The number of benzene rings is 1. The van der Waals surface area contributed by atoms with Gasteiger partial charge in [0.1, 0.15) is 0 Å². The number of thiophene rings is 1. The maximum absolute atomic E-state index is 5.99. The van der Waals surface area contributed by atoms with Crippen molar-refractivity contribution >= 4 is 57.6 Å². The number of hydrogen-bond donors (Lipinski definition) is 2. The lowest BCUT2D eigenvalue weighted by molar-refractivity contribution is 0.303. The zero-order valence-corrected chi connectivity index (χ0v) is 15.4. The molecule has 0 aliphatic heterocycles. The van der Waals surface area contributed by atoms with Crippen LogP contribution in [0, 0.1) is 0 Å². The predicted molar refractivity (Wildman–Crippen MR) is 101 cm³/mol.